The Morgan fingerprint density at radius 2 is 1.88 bits per heavy atom. The van der Waals surface area contributed by atoms with E-state index in [9.17, 15) is 9.90 Å². The van der Waals surface area contributed by atoms with Gasteiger partial charge in [0, 0.05) is 17.4 Å². The van der Waals surface area contributed by atoms with E-state index in [2.05, 4.69) is 12.1 Å². The molecule has 122 valence electrons. The van der Waals surface area contributed by atoms with E-state index in [4.69, 9.17) is 23.2 Å². The van der Waals surface area contributed by atoms with Gasteiger partial charge in [-0.1, -0.05) is 53.5 Å². The van der Waals surface area contributed by atoms with Crippen LogP contribution < -0.4 is 0 Å². The first-order valence-corrected chi connectivity index (χ1v) is 8.75. The summed E-state index contributed by atoms with van der Waals surface area (Å²) in [4.78, 5) is 12.1. The van der Waals surface area contributed by atoms with Gasteiger partial charge in [-0.25, -0.2) is 0 Å². The highest BCUT2D eigenvalue weighted by molar-refractivity contribution is 6.44. The quantitative estimate of drug-likeness (QED) is 0.797. The molecule has 0 fully saturated rings. The minimum atomic E-state index is -0.154. The SMILES string of the molecule is O=C1C=C2c3c(cc(O)c(Cl)c3Cl)CC2(Cc2ccccc2)CC1. The normalized spacial score (nSPS) is 22.1. The second-order valence-corrected chi connectivity index (χ2v) is 7.46. The van der Waals surface area contributed by atoms with Crippen LogP contribution in [0.4, 0.5) is 0 Å². The van der Waals surface area contributed by atoms with Crippen molar-refractivity contribution in [1.29, 1.82) is 0 Å². The molecule has 0 spiro atoms. The number of hydrogen-bond donors (Lipinski definition) is 1. The van der Waals surface area contributed by atoms with Gasteiger partial charge in [-0.15, -0.1) is 0 Å². The molecule has 0 amide bonds. The summed E-state index contributed by atoms with van der Waals surface area (Å²) in [5.74, 6) is 0.127. The van der Waals surface area contributed by atoms with E-state index in [1.807, 2.05) is 18.2 Å². The van der Waals surface area contributed by atoms with Gasteiger partial charge in [0.05, 0.1) is 5.02 Å². The smallest absolute Gasteiger partial charge is 0.156 e. The maximum Gasteiger partial charge on any atom is 0.156 e. The summed E-state index contributed by atoms with van der Waals surface area (Å²) in [6, 6.07) is 12.0. The molecule has 4 rings (SSSR count). The molecule has 1 N–H and O–H groups in total. The zero-order valence-corrected chi connectivity index (χ0v) is 14.5. The van der Waals surface area contributed by atoms with Crippen LogP contribution in [-0.4, -0.2) is 10.9 Å². The monoisotopic (exact) mass is 358 g/mol. The summed E-state index contributed by atoms with van der Waals surface area (Å²) < 4.78 is 0. The van der Waals surface area contributed by atoms with Crippen LogP contribution in [0.1, 0.15) is 29.5 Å². The molecule has 2 aliphatic carbocycles. The molecule has 2 aromatic carbocycles. The first-order valence-electron chi connectivity index (χ1n) is 7.99. The van der Waals surface area contributed by atoms with Crippen molar-refractivity contribution in [2.45, 2.75) is 25.7 Å². The lowest BCUT2D eigenvalue weighted by Crippen LogP contribution is -2.28. The van der Waals surface area contributed by atoms with Crippen LogP contribution in [0.2, 0.25) is 10.0 Å². The molecule has 0 aliphatic heterocycles. The first-order chi connectivity index (χ1) is 11.5. The third-order valence-electron chi connectivity index (χ3n) is 5.18. The maximum atomic E-state index is 12.1. The molecule has 24 heavy (non-hydrogen) atoms. The number of hydrogen-bond acceptors (Lipinski definition) is 2. The molecule has 0 heterocycles. The van der Waals surface area contributed by atoms with E-state index in [0.29, 0.717) is 11.4 Å². The van der Waals surface area contributed by atoms with Crippen LogP contribution >= 0.6 is 23.2 Å². The molecule has 0 saturated carbocycles. The Bertz CT molecular complexity index is 871. The zero-order chi connectivity index (χ0) is 16.9. The highest BCUT2D eigenvalue weighted by Gasteiger charge is 2.45. The molecule has 2 aromatic rings. The van der Waals surface area contributed by atoms with Crippen molar-refractivity contribution in [3.05, 3.63) is 69.2 Å². The van der Waals surface area contributed by atoms with Crippen LogP contribution in [0.15, 0.2) is 42.5 Å². The molecule has 0 radical (unpaired) electrons. The highest BCUT2D eigenvalue weighted by atomic mass is 35.5. The summed E-state index contributed by atoms with van der Waals surface area (Å²) in [7, 11) is 0. The predicted molar refractivity (Wildman–Crippen MR) is 96.6 cm³/mol. The number of ketones is 1. The van der Waals surface area contributed by atoms with Crippen molar-refractivity contribution >= 4 is 34.6 Å². The lowest BCUT2D eigenvalue weighted by Gasteiger charge is -2.34. The third kappa shape index (κ3) is 2.37. The second-order valence-electron chi connectivity index (χ2n) is 6.70. The fourth-order valence-electron chi connectivity index (χ4n) is 4.10. The molecule has 2 aliphatic rings. The number of rotatable bonds is 2. The van der Waals surface area contributed by atoms with Gasteiger partial charge in [-0.2, -0.15) is 0 Å². The van der Waals surface area contributed by atoms with Gasteiger partial charge in [0.1, 0.15) is 10.8 Å². The zero-order valence-electron chi connectivity index (χ0n) is 13.0. The average Bonchev–Trinajstić information content (AvgIpc) is 2.87. The van der Waals surface area contributed by atoms with Crippen LogP contribution in [0.3, 0.4) is 0 Å². The number of carbonyl (C=O) groups excluding carboxylic acids is 1. The van der Waals surface area contributed by atoms with Crippen molar-refractivity contribution in [2.75, 3.05) is 0 Å². The lowest BCUT2D eigenvalue weighted by molar-refractivity contribution is -0.115. The number of fused-ring (bicyclic) bond motifs is 3. The number of carbonyl (C=O) groups is 1. The number of phenolic OH excluding ortho intramolecular Hbond substituents is 1. The Morgan fingerprint density at radius 3 is 2.62 bits per heavy atom. The molecular weight excluding hydrogens is 343 g/mol. The summed E-state index contributed by atoms with van der Waals surface area (Å²) in [6.45, 7) is 0. The van der Waals surface area contributed by atoms with E-state index in [0.717, 1.165) is 36.0 Å². The topological polar surface area (TPSA) is 37.3 Å². The summed E-state index contributed by atoms with van der Waals surface area (Å²) in [6.07, 6.45) is 4.67. The van der Waals surface area contributed by atoms with Crippen LogP contribution in [-0.2, 0) is 17.6 Å². The Kier molecular flexibility index (Phi) is 3.70. The largest absolute Gasteiger partial charge is 0.506 e. The van der Waals surface area contributed by atoms with Gasteiger partial charge >= 0.3 is 0 Å². The minimum Gasteiger partial charge on any atom is -0.506 e. The number of halogens is 2. The molecule has 1 atom stereocenters. The Hall–Kier alpha value is -1.77. The molecule has 0 bridgehead atoms. The van der Waals surface area contributed by atoms with Crippen molar-refractivity contribution in [3.8, 4) is 5.75 Å². The first kappa shape index (κ1) is 15.7. The van der Waals surface area contributed by atoms with Crippen LogP contribution in [0, 0.1) is 5.41 Å². The van der Waals surface area contributed by atoms with E-state index in [-0.39, 0.29) is 22.0 Å². The minimum absolute atomic E-state index is 0.000788. The van der Waals surface area contributed by atoms with Gasteiger partial charge in [0.2, 0.25) is 0 Å². The van der Waals surface area contributed by atoms with Crippen molar-refractivity contribution < 1.29 is 9.90 Å². The highest BCUT2D eigenvalue weighted by Crippen LogP contribution is 2.57. The summed E-state index contributed by atoms with van der Waals surface area (Å²) in [5, 5.41) is 10.5. The van der Waals surface area contributed by atoms with E-state index >= 15 is 0 Å². The van der Waals surface area contributed by atoms with E-state index < -0.39 is 0 Å². The van der Waals surface area contributed by atoms with Gasteiger partial charge < -0.3 is 5.11 Å². The van der Waals surface area contributed by atoms with Gasteiger partial charge in [-0.3, -0.25) is 4.79 Å². The number of aromatic hydroxyl groups is 1. The maximum absolute atomic E-state index is 12.1. The standard InChI is InChI=1S/C20H16Cl2O2/c21-18-16(24)8-13-11-20(10-12-4-2-1-3-5-12)7-6-14(23)9-15(20)17(13)19(18)22/h1-5,8-9,24H,6-7,10-11H2. The van der Waals surface area contributed by atoms with E-state index in [1.54, 1.807) is 12.1 Å². The van der Waals surface area contributed by atoms with Crippen molar-refractivity contribution in [1.82, 2.24) is 0 Å². The van der Waals surface area contributed by atoms with Crippen LogP contribution in [0.25, 0.3) is 5.57 Å². The van der Waals surface area contributed by atoms with Crippen LogP contribution in [0.5, 0.6) is 5.75 Å². The fraction of sp³-hybridized carbons (Fsp3) is 0.250. The molecule has 0 saturated heterocycles. The molecule has 2 nitrogen and oxygen atoms in total. The lowest BCUT2D eigenvalue weighted by atomic mass is 9.69. The molecular formula is C20H16Cl2O2. The Morgan fingerprint density at radius 1 is 1.12 bits per heavy atom. The Balaban J connectivity index is 1.88. The second kappa shape index (κ2) is 5.65. The summed E-state index contributed by atoms with van der Waals surface area (Å²) >= 11 is 12.6. The van der Waals surface area contributed by atoms with Crippen molar-refractivity contribution in [3.63, 3.8) is 0 Å². The number of benzene rings is 2. The predicted octanol–water partition coefficient (Wildman–Crippen LogP) is 5.23. The molecule has 4 heteroatoms. The fourth-order valence-corrected chi connectivity index (χ4v) is 4.56. The van der Waals surface area contributed by atoms with Gasteiger partial charge in [0.25, 0.3) is 0 Å². The van der Waals surface area contributed by atoms with E-state index in [1.165, 1.54) is 5.56 Å². The number of allylic oxidation sites excluding steroid dienone is 2. The molecule has 1 unspecified atom stereocenters. The average molecular weight is 359 g/mol. The van der Waals surface area contributed by atoms with Gasteiger partial charge in [0.15, 0.2) is 5.78 Å². The van der Waals surface area contributed by atoms with Gasteiger partial charge in [-0.05, 0) is 48.1 Å². The Labute approximate surface area is 150 Å². The third-order valence-corrected chi connectivity index (χ3v) is 6.04. The summed E-state index contributed by atoms with van der Waals surface area (Å²) in [5.41, 5.74) is 3.86. The number of phenols is 1. The van der Waals surface area contributed by atoms with Crippen molar-refractivity contribution in [2.24, 2.45) is 5.41 Å². The molecule has 0 aromatic heterocycles.